The van der Waals surface area contributed by atoms with E-state index in [2.05, 4.69) is 16.0 Å². The topological polar surface area (TPSA) is 126 Å². The maximum atomic E-state index is 13.5. The van der Waals surface area contributed by atoms with Crippen molar-refractivity contribution < 1.29 is 28.7 Å². The van der Waals surface area contributed by atoms with Gasteiger partial charge in [-0.25, -0.2) is 4.79 Å². The molecule has 2 aliphatic carbocycles. The molecule has 1 heterocycles. The molecule has 1 saturated heterocycles. The Labute approximate surface area is 220 Å². The van der Waals surface area contributed by atoms with E-state index in [1.165, 1.54) is 6.42 Å². The van der Waals surface area contributed by atoms with Crippen LogP contribution in [0.2, 0.25) is 0 Å². The first-order chi connectivity index (χ1) is 18.0. The van der Waals surface area contributed by atoms with E-state index in [0.29, 0.717) is 45.2 Å². The van der Waals surface area contributed by atoms with Crippen molar-refractivity contribution in [1.29, 1.82) is 0 Å². The van der Waals surface area contributed by atoms with E-state index in [1.807, 2.05) is 6.92 Å². The van der Waals surface area contributed by atoms with Gasteiger partial charge in [-0.05, 0) is 31.6 Å². The number of amides is 4. The predicted molar refractivity (Wildman–Crippen MR) is 139 cm³/mol. The quantitative estimate of drug-likeness (QED) is 0.252. The third-order valence-electron chi connectivity index (χ3n) is 7.68. The molecule has 1 unspecified atom stereocenters. The van der Waals surface area contributed by atoms with E-state index >= 15 is 0 Å². The van der Waals surface area contributed by atoms with Gasteiger partial charge in [-0.3, -0.25) is 14.4 Å². The summed E-state index contributed by atoms with van der Waals surface area (Å²) < 4.78 is 11.0. The summed E-state index contributed by atoms with van der Waals surface area (Å²) >= 11 is 0. The minimum Gasteiger partial charge on any atom is -0.379 e. The second kappa shape index (κ2) is 15.9. The number of carbonyl (C=O) groups excluding carboxylic acids is 4. The highest BCUT2D eigenvalue weighted by Crippen LogP contribution is 2.27. The first-order valence-electron chi connectivity index (χ1n) is 14.3. The Morgan fingerprint density at radius 3 is 2.27 bits per heavy atom. The maximum absolute atomic E-state index is 13.5. The summed E-state index contributed by atoms with van der Waals surface area (Å²) in [5.74, 6) is -1.50. The molecule has 10 nitrogen and oxygen atoms in total. The van der Waals surface area contributed by atoms with Gasteiger partial charge in [0.1, 0.15) is 12.1 Å². The molecule has 10 heteroatoms. The van der Waals surface area contributed by atoms with Gasteiger partial charge in [0.2, 0.25) is 11.7 Å². The maximum Gasteiger partial charge on any atom is 0.318 e. The highest BCUT2D eigenvalue weighted by Gasteiger charge is 2.34. The molecule has 3 rings (SSSR count). The zero-order valence-electron chi connectivity index (χ0n) is 22.4. The van der Waals surface area contributed by atoms with Crippen molar-refractivity contribution in [3.8, 4) is 0 Å². The number of hydrogen-bond acceptors (Lipinski definition) is 6. The zero-order valence-corrected chi connectivity index (χ0v) is 22.4. The summed E-state index contributed by atoms with van der Waals surface area (Å²) in [6, 6.07) is -2.19. The highest BCUT2D eigenvalue weighted by molar-refractivity contribution is 6.38. The average molecular weight is 523 g/mol. The fourth-order valence-corrected chi connectivity index (χ4v) is 5.38. The lowest BCUT2D eigenvalue weighted by molar-refractivity contribution is -0.141. The van der Waals surface area contributed by atoms with Gasteiger partial charge in [-0.2, -0.15) is 0 Å². The second-order valence-electron chi connectivity index (χ2n) is 10.6. The molecule has 2 atom stereocenters. The fourth-order valence-electron chi connectivity index (χ4n) is 5.38. The smallest absolute Gasteiger partial charge is 0.318 e. The summed E-state index contributed by atoms with van der Waals surface area (Å²) in [6.45, 7) is 4.28. The van der Waals surface area contributed by atoms with Gasteiger partial charge in [-0.15, -0.1) is 0 Å². The van der Waals surface area contributed by atoms with Gasteiger partial charge in [-0.1, -0.05) is 58.3 Å². The van der Waals surface area contributed by atoms with Crippen LogP contribution in [0.4, 0.5) is 4.79 Å². The Hall–Kier alpha value is -2.20. The second-order valence-corrected chi connectivity index (χ2v) is 10.6. The summed E-state index contributed by atoms with van der Waals surface area (Å²) in [5.41, 5.74) is 0. The monoisotopic (exact) mass is 522 g/mol. The molecular weight excluding hydrogens is 476 g/mol. The first-order valence-corrected chi connectivity index (χ1v) is 14.3. The number of carbonyl (C=O) groups is 4. The van der Waals surface area contributed by atoms with Crippen molar-refractivity contribution >= 4 is 23.6 Å². The van der Waals surface area contributed by atoms with Crippen LogP contribution >= 0.6 is 0 Å². The van der Waals surface area contributed by atoms with Crippen LogP contribution in [0, 0.1) is 5.92 Å². The van der Waals surface area contributed by atoms with Crippen LogP contribution in [0.25, 0.3) is 0 Å². The van der Waals surface area contributed by atoms with E-state index in [0.717, 1.165) is 64.2 Å². The summed E-state index contributed by atoms with van der Waals surface area (Å²) in [7, 11) is 0. The standard InChI is InChI=1S/C27H46N4O6/c1-2-3-15-37-19-23(24(32)26(34)28-21-11-7-8-12-21)29-25(33)22(18-20-9-5-4-6-10-20)30-27(35)31-13-16-36-17-14-31/h20-23H,2-19H2,1H3,(H,28,34)(H,29,33)(H,30,35)/t22-,23?/m0/s1. The first kappa shape index (κ1) is 29.4. The van der Waals surface area contributed by atoms with Crippen LogP contribution in [-0.4, -0.2) is 86.2 Å². The molecule has 0 aromatic rings. The van der Waals surface area contributed by atoms with E-state index in [4.69, 9.17) is 9.47 Å². The third-order valence-corrected chi connectivity index (χ3v) is 7.68. The number of rotatable bonds is 13. The number of unbranched alkanes of at least 4 members (excludes halogenated alkanes) is 1. The van der Waals surface area contributed by atoms with Crippen molar-refractivity contribution in [1.82, 2.24) is 20.9 Å². The van der Waals surface area contributed by atoms with Crippen LogP contribution in [0.5, 0.6) is 0 Å². The number of nitrogens with one attached hydrogen (secondary N) is 3. The van der Waals surface area contributed by atoms with Crippen molar-refractivity contribution in [3.63, 3.8) is 0 Å². The lowest BCUT2D eigenvalue weighted by Gasteiger charge is -2.31. The van der Waals surface area contributed by atoms with Crippen LogP contribution < -0.4 is 16.0 Å². The third kappa shape index (κ3) is 9.89. The van der Waals surface area contributed by atoms with Crippen LogP contribution in [-0.2, 0) is 23.9 Å². The molecule has 2 saturated carbocycles. The summed E-state index contributed by atoms with van der Waals surface area (Å²) in [5, 5.41) is 8.49. The number of nitrogens with zero attached hydrogens (tertiary/aromatic N) is 1. The Morgan fingerprint density at radius 2 is 1.59 bits per heavy atom. The van der Waals surface area contributed by atoms with Crippen molar-refractivity contribution in [2.75, 3.05) is 39.5 Å². The van der Waals surface area contributed by atoms with Crippen molar-refractivity contribution in [2.45, 2.75) is 102 Å². The van der Waals surface area contributed by atoms with E-state index in [1.54, 1.807) is 4.90 Å². The average Bonchev–Trinajstić information content (AvgIpc) is 3.43. The molecule has 1 aliphatic heterocycles. The molecule has 0 aromatic carbocycles. The van der Waals surface area contributed by atoms with Crippen molar-refractivity contribution in [3.05, 3.63) is 0 Å². The van der Waals surface area contributed by atoms with Crippen LogP contribution in [0.1, 0.15) is 84.0 Å². The van der Waals surface area contributed by atoms with Crippen LogP contribution in [0.3, 0.4) is 0 Å². The molecule has 0 bridgehead atoms. The minimum absolute atomic E-state index is 0.000622. The van der Waals surface area contributed by atoms with Gasteiger partial charge in [0, 0.05) is 25.7 Å². The van der Waals surface area contributed by atoms with Crippen LogP contribution in [0.15, 0.2) is 0 Å². The largest absolute Gasteiger partial charge is 0.379 e. The van der Waals surface area contributed by atoms with E-state index in [-0.39, 0.29) is 18.7 Å². The van der Waals surface area contributed by atoms with Crippen molar-refractivity contribution in [2.24, 2.45) is 5.92 Å². The number of morpholine rings is 1. The molecule has 0 aromatic heterocycles. The molecule has 4 amide bonds. The van der Waals surface area contributed by atoms with Gasteiger partial charge < -0.3 is 30.3 Å². The molecule has 3 aliphatic rings. The van der Waals surface area contributed by atoms with E-state index in [9.17, 15) is 19.2 Å². The lowest BCUT2D eigenvalue weighted by atomic mass is 9.84. The molecule has 37 heavy (non-hydrogen) atoms. The molecule has 0 spiro atoms. The summed E-state index contributed by atoms with van der Waals surface area (Å²) in [4.78, 5) is 53.9. The zero-order chi connectivity index (χ0) is 26.5. The lowest BCUT2D eigenvalue weighted by Crippen LogP contribution is -2.58. The number of ether oxygens (including phenoxy) is 2. The normalized spacial score (nSPS) is 20.7. The molecule has 3 N–H and O–H groups in total. The predicted octanol–water partition coefficient (Wildman–Crippen LogP) is 2.30. The Bertz CT molecular complexity index is 745. The highest BCUT2D eigenvalue weighted by atomic mass is 16.5. The van der Waals surface area contributed by atoms with E-state index < -0.39 is 29.7 Å². The van der Waals surface area contributed by atoms with Gasteiger partial charge in [0.15, 0.2) is 0 Å². The molecule has 210 valence electrons. The Kier molecular flexibility index (Phi) is 12.6. The SMILES string of the molecule is CCCCOCC(NC(=O)[C@H](CC1CCCCC1)NC(=O)N1CCOCC1)C(=O)C(=O)NC1CCCC1. The van der Waals surface area contributed by atoms with Gasteiger partial charge in [0.05, 0.1) is 19.8 Å². The fraction of sp³-hybridized carbons (Fsp3) is 0.852. The van der Waals surface area contributed by atoms with Gasteiger partial charge >= 0.3 is 6.03 Å². The number of ketones is 1. The molecular formula is C27H46N4O6. The number of urea groups is 1. The minimum atomic E-state index is -1.10. The number of hydrogen-bond donors (Lipinski definition) is 3. The Morgan fingerprint density at radius 1 is 0.919 bits per heavy atom. The Balaban J connectivity index is 1.66. The summed E-state index contributed by atoms with van der Waals surface area (Å²) in [6.07, 6.45) is 11.5. The van der Waals surface area contributed by atoms with Gasteiger partial charge in [0.25, 0.3) is 5.91 Å². The molecule has 3 fully saturated rings. The number of Topliss-reactive ketones (excluding diaryl/α,β-unsaturated/α-hetero) is 1. The molecule has 0 radical (unpaired) electrons.